The Bertz CT molecular complexity index is 403. The highest BCUT2D eigenvalue weighted by atomic mass is 16.5. The molecule has 5 nitrogen and oxygen atoms in total. The van der Waals surface area contributed by atoms with Gasteiger partial charge in [0, 0.05) is 18.1 Å². The van der Waals surface area contributed by atoms with Crippen LogP contribution in [0.2, 0.25) is 0 Å². The minimum absolute atomic E-state index is 0.0771. The van der Waals surface area contributed by atoms with E-state index < -0.39 is 0 Å². The number of hydrogen-bond acceptors (Lipinski definition) is 5. The van der Waals surface area contributed by atoms with E-state index >= 15 is 0 Å². The zero-order chi connectivity index (χ0) is 14.1. The molecule has 0 fully saturated rings. The van der Waals surface area contributed by atoms with E-state index in [9.17, 15) is 4.79 Å². The van der Waals surface area contributed by atoms with Gasteiger partial charge in [0.1, 0.15) is 11.5 Å². The van der Waals surface area contributed by atoms with Gasteiger partial charge in [-0.3, -0.25) is 4.79 Å². The molecule has 0 aliphatic heterocycles. The smallest absolute Gasteiger partial charge is 0.305 e. The van der Waals surface area contributed by atoms with Gasteiger partial charge >= 0.3 is 5.97 Å². The summed E-state index contributed by atoms with van der Waals surface area (Å²) in [6, 6.07) is 5.23. The standard InChI is InChI=1S/C14H20O5/c1-3-18-14(16)5-4-8-19-12-7-6-11(10-15)13(9-12)17-2/h6-7,9,15H,3-5,8,10H2,1-2H3. The monoisotopic (exact) mass is 268 g/mol. The van der Waals surface area contributed by atoms with Gasteiger partial charge in [0.25, 0.3) is 0 Å². The number of methoxy groups -OCH3 is 1. The number of rotatable bonds is 8. The molecule has 1 N–H and O–H groups in total. The number of hydrogen-bond donors (Lipinski definition) is 1. The number of ether oxygens (including phenoxy) is 3. The topological polar surface area (TPSA) is 65.0 Å². The van der Waals surface area contributed by atoms with Gasteiger partial charge in [-0.1, -0.05) is 0 Å². The highest BCUT2D eigenvalue weighted by Gasteiger charge is 2.05. The fraction of sp³-hybridized carbons (Fsp3) is 0.500. The Morgan fingerprint density at radius 3 is 2.79 bits per heavy atom. The summed E-state index contributed by atoms with van der Waals surface area (Å²) in [6.07, 6.45) is 0.947. The summed E-state index contributed by atoms with van der Waals surface area (Å²) in [6.45, 7) is 2.54. The van der Waals surface area contributed by atoms with Crippen LogP contribution >= 0.6 is 0 Å². The van der Waals surface area contributed by atoms with Crippen LogP contribution in [0.3, 0.4) is 0 Å². The Kier molecular flexibility index (Phi) is 6.74. The average molecular weight is 268 g/mol. The fourth-order valence-electron chi connectivity index (χ4n) is 1.58. The fourth-order valence-corrected chi connectivity index (χ4v) is 1.58. The van der Waals surface area contributed by atoms with Crippen LogP contribution in [0.15, 0.2) is 18.2 Å². The van der Waals surface area contributed by atoms with Crippen molar-refractivity contribution in [1.82, 2.24) is 0 Å². The summed E-state index contributed by atoms with van der Waals surface area (Å²) in [5.74, 6) is 1.03. The highest BCUT2D eigenvalue weighted by Crippen LogP contribution is 2.24. The van der Waals surface area contributed by atoms with Gasteiger partial charge in [-0.05, 0) is 25.5 Å². The molecule has 106 valence electrons. The molecule has 1 aromatic rings. The molecule has 1 rings (SSSR count). The second-order valence-electron chi connectivity index (χ2n) is 3.89. The maximum absolute atomic E-state index is 11.1. The first-order valence-corrected chi connectivity index (χ1v) is 6.27. The van der Waals surface area contributed by atoms with Gasteiger partial charge < -0.3 is 19.3 Å². The van der Waals surface area contributed by atoms with E-state index in [1.165, 1.54) is 0 Å². The zero-order valence-electron chi connectivity index (χ0n) is 11.3. The van der Waals surface area contributed by atoms with Crippen LogP contribution in [0.1, 0.15) is 25.3 Å². The Labute approximate surface area is 113 Å². The summed E-state index contributed by atoms with van der Waals surface area (Å²) in [7, 11) is 1.54. The molecular weight excluding hydrogens is 248 g/mol. The van der Waals surface area contributed by atoms with Crippen molar-refractivity contribution in [2.45, 2.75) is 26.4 Å². The Balaban J connectivity index is 2.39. The minimum atomic E-state index is -0.209. The maximum Gasteiger partial charge on any atom is 0.305 e. The van der Waals surface area contributed by atoms with Crippen LogP contribution in [0.4, 0.5) is 0 Å². The quantitative estimate of drug-likeness (QED) is 0.576. The van der Waals surface area contributed by atoms with Crippen LogP contribution in [0, 0.1) is 0 Å². The highest BCUT2D eigenvalue weighted by molar-refractivity contribution is 5.69. The predicted molar refractivity (Wildman–Crippen MR) is 70.3 cm³/mol. The third-order valence-corrected chi connectivity index (χ3v) is 2.53. The second kappa shape index (κ2) is 8.37. The van der Waals surface area contributed by atoms with Crippen molar-refractivity contribution in [2.75, 3.05) is 20.3 Å². The number of esters is 1. The predicted octanol–water partition coefficient (Wildman–Crippen LogP) is 1.91. The molecule has 0 atom stereocenters. The summed E-state index contributed by atoms with van der Waals surface area (Å²) >= 11 is 0. The zero-order valence-corrected chi connectivity index (χ0v) is 11.3. The molecule has 0 radical (unpaired) electrons. The van der Waals surface area contributed by atoms with Crippen LogP contribution in [-0.4, -0.2) is 31.4 Å². The van der Waals surface area contributed by atoms with Crippen LogP contribution in [0.5, 0.6) is 11.5 Å². The molecule has 0 saturated heterocycles. The van der Waals surface area contributed by atoms with Crippen LogP contribution < -0.4 is 9.47 Å². The Morgan fingerprint density at radius 1 is 1.37 bits per heavy atom. The molecule has 0 aromatic heterocycles. The molecule has 0 aliphatic rings. The van der Waals surface area contributed by atoms with E-state index in [0.29, 0.717) is 43.1 Å². The third kappa shape index (κ3) is 5.18. The first-order valence-electron chi connectivity index (χ1n) is 6.27. The lowest BCUT2D eigenvalue weighted by atomic mass is 10.2. The number of carbonyl (C=O) groups is 1. The Morgan fingerprint density at radius 2 is 2.16 bits per heavy atom. The SMILES string of the molecule is CCOC(=O)CCCOc1ccc(CO)c(OC)c1. The molecular formula is C14H20O5. The van der Waals surface area contributed by atoms with Crippen molar-refractivity contribution in [3.63, 3.8) is 0 Å². The lowest BCUT2D eigenvalue weighted by Gasteiger charge is -2.10. The normalized spacial score (nSPS) is 10.1. The van der Waals surface area contributed by atoms with Crippen molar-refractivity contribution in [3.8, 4) is 11.5 Å². The van der Waals surface area contributed by atoms with Crippen LogP contribution in [0.25, 0.3) is 0 Å². The number of benzene rings is 1. The molecule has 0 unspecified atom stereocenters. The Hall–Kier alpha value is -1.75. The summed E-state index contributed by atoms with van der Waals surface area (Å²) < 4.78 is 15.5. The maximum atomic E-state index is 11.1. The van der Waals surface area contributed by atoms with E-state index in [1.807, 2.05) is 0 Å². The van der Waals surface area contributed by atoms with Crippen molar-refractivity contribution < 1.29 is 24.1 Å². The molecule has 1 aromatic carbocycles. The lowest BCUT2D eigenvalue weighted by Crippen LogP contribution is -2.06. The molecule has 0 heterocycles. The third-order valence-electron chi connectivity index (χ3n) is 2.53. The summed E-state index contributed by atoms with van der Waals surface area (Å²) in [5, 5.41) is 9.09. The molecule has 5 heteroatoms. The van der Waals surface area contributed by atoms with Gasteiger partial charge in [-0.15, -0.1) is 0 Å². The molecule has 0 aliphatic carbocycles. The van der Waals surface area contributed by atoms with Crippen molar-refractivity contribution in [2.24, 2.45) is 0 Å². The number of aliphatic hydroxyl groups excluding tert-OH is 1. The van der Waals surface area contributed by atoms with Gasteiger partial charge in [-0.25, -0.2) is 0 Å². The summed E-state index contributed by atoms with van der Waals surface area (Å²) in [4.78, 5) is 11.1. The van der Waals surface area contributed by atoms with Gasteiger partial charge in [0.15, 0.2) is 0 Å². The van der Waals surface area contributed by atoms with E-state index in [4.69, 9.17) is 19.3 Å². The molecule has 0 spiro atoms. The van der Waals surface area contributed by atoms with Crippen molar-refractivity contribution in [3.05, 3.63) is 23.8 Å². The van der Waals surface area contributed by atoms with Crippen molar-refractivity contribution >= 4 is 5.97 Å². The van der Waals surface area contributed by atoms with Gasteiger partial charge in [0.05, 0.1) is 26.9 Å². The van der Waals surface area contributed by atoms with E-state index in [2.05, 4.69) is 0 Å². The van der Waals surface area contributed by atoms with Crippen molar-refractivity contribution in [1.29, 1.82) is 0 Å². The largest absolute Gasteiger partial charge is 0.496 e. The van der Waals surface area contributed by atoms with E-state index in [1.54, 1.807) is 32.2 Å². The van der Waals surface area contributed by atoms with Gasteiger partial charge in [0.2, 0.25) is 0 Å². The molecule has 19 heavy (non-hydrogen) atoms. The minimum Gasteiger partial charge on any atom is -0.496 e. The first-order chi connectivity index (χ1) is 9.21. The van der Waals surface area contributed by atoms with Gasteiger partial charge in [-0.2, -0.15) is 0 Å². The second-order valence-corrected chi connectivity index (χ2v) is 3.89. The molecule has 0 saturated carbocycles. The molecule has 0 bridgehead atoms. The lowest BCUT2D eigenvalue weighted by molar-refractivity contribution is -0.143. The van der Waals surface area contributed by atoms with E-state index in [0.717, 1.165) is 0 Å². The average Bonchev–Trinajstić information content (AvgIpc) is 2.43. The molecule has 0 amide bonds. The number of aliphatic hydroxyl groups is 1. The first kappa shape index (κ1) is 15.3. The summed E-state index contributed by atoms with van der Waals surface area (Å²) in [5.41, 5.74) is 0.710. The number of carbonyl (C=O) groups excluding carboxylic acids is 1. The van der Waals surface area contributed by atoms with E-state index in [-0.39, 0.29) is 12.6 Å². The van der Waals surface area contributed by atoms with Crippen LogP contribution in [-0.2, 0) is 16.1 Å².